The molecule has 29 heavy (non-hydrogen) atoms. The lowest BCUT2D eigenvalue weighted by Gasteiger charge is -2.25. The van der Waals surface area contributed by atoms with Gasteiger partial charge in [0.15, 0.2) is 0 Å². The molecule has 6 heteroatoms. The summed E-state index contributed by atoms with van der Waals surface area (Å²) in [5.74, 6) is 0.323. The Labute approximate surface area is 173 Å². The molecule has 1 N–H and O–H groups in total. The van der Waals surface area contributed by atoms with Gasteiger partial charge >= 0.3 is 0 Å². The molecule has 0 aromatic heterocycles. The van der Waals surface area contributed by atoms with E-state index in [1.165, 1.54) is 29.6 Å². The van der Waals surface area contributed by atoms with Crippen LogP contribution >= 0.6 is 0 Å². The predicted octanol–water partition coefficient (Wildman–Crippen LogP) is 4.14. The molecule has 0 spiro atoms. The summed E-state index contributed by atoms with van der Waals surface area (Å²) < 4.78 is 28.3. The van der Waals surface area contributed by atoms with Crippen molar-refractivity contribution in [3.8, 4) is 0 Å². The average molecular weight is 413 g/mol. The van der Waals surface area contributed by atoms with Crippen LogP contribution in [0.4, 0.5) is 5.69 Å². The fourth-order valence-electron chi connectivity index (χ4n) is 4.55. The highest BCUT2D eigenvalue weighted by atomic mass is 32.2. The second kappa shape index (κ2) is 8.19. The van der Waals surface area contributed by atoms with Crippen LogP contribution in [-0.2, 0) is 16.4 Å². The van der Waals surface area contributed by atoms with E-state index >= 15 is 0 Å². The van der Waals surface area contributed by atoms with Crippen molar-refractivity contribution in [3.05, 3.63) is 59.7 Å². The first kappa shape index (κ1) is 20.0. The fourth-order valence-corrected chi connectivity index (χ4v) is 6.28. The minimum absolute atomic E-state index is 0.152. The molecule has 0 bridgehead atoms. The summed E-state index contributed by atoms with van der Waals surface area (Å²) in [5.41, 5.74) is 2.15. The highest BCUT2D eigenvalue weighted by Gasteiger charge is 2.36. The fraction of sp³-hybridized carbons (Fsp3) is 0.435. The number of hydrogen-bond acceptors (Lipinski definition) is 3. The summed E-state index contributed by atoms with van der Waals surface area (Å²) in [6, 6.07) is 13.8. The number of fused-ring (bicyclic) bond motifs is 1. The van der Waals surface area contributed by atoms with Gasteiger partial charge in [0.25, 0.3) is 15.9 Å². The average Bonchev–Trinajstić information content (AvgIpc) is 3.09. The molecule has 2 aromatic carbocycles. The normalized spacial score (nSPS) is 19.8. The molecule has 1 amide bonds. The van der Waals surface area contributed by atoms with Crippen molar-refractivity contribution in [1.29, 1.82) is 0 Å². The Bertz CT molecular complexity index is 997. The molecule has 1 saturated carbocycles. The van der Waals surface area contributed by atoms with E-state index in [1.807, 2.05) is 31.2 Å². The number of para-hydroxylation sites is 1. The summed E-state index contributed by atoms with van der Waals surface area (Å²) in [7, 11) is -3.74. The molecule has 1 fully saturated rings. The van der Waals surface area contributed by atoms with Crippen LogP contribution in [0.5, 0.6) is 0 Å². The zero-order chi connectivity index (χ0) is 20.4. The molecular formula is C23H28N2O3S. The van der Waals surface area contributed by atoms with E-state index in [1.54, 1.807) is 18.2 Å². The van der Waals surface area contributed by atoms with Gasteiger partial charge in [-0.15, -0.1) is 0 Å². The summed E-state index contributed by atoms with van der Waals surface area (Å²) in [5, 5.41) is 2.99. The van der Waals surface area contributed by atoms with Crippen molar-refractivity contribution < 1.29 is 13.2 Å². The number of nitrogens with one attached hydrogen (secondary N) is 1. The van der Waals surface area contributed by atoms with Gasteiger partial charge in [0.05, 0.1) is 10.6 Å². The molecule has 1 heterocycles. The van der Waals surface area contributed by atoms with Gasteiger partial charge in [0, 0.05) is 18.2 Å². The topological polar surface area (TPSA) is 66.5 Å². The largest absolute Gasteiger partial charge is 0.352 e. The van der Waals surface area contributed by atoms with Crippen molar-refractivity contribution in [3.63, 3.8) is 0 Å². The van der Waals surface area contributed by atoms with Crippen molar-refractivity contribution >= 4 is 21.6 Å². The molecule has 154 valence electrons. The summed E-state index contributed by atoms with van der Waals surface area (Å²) in [4.78, 5) is 12.8. The van der Waals surface area contributed by atoms with Crippen LogP contribution < -0.4 is 9.62 Å². The number of nitrogens with zero attached hydrogens (tertiary/aromatic N) is 1. The van der Waals surface area contributed by atoms with Gasteiger partial charge in [-0.3, -0.25) is 9.10 Å². The monoisotopic (exact) mass is 412 g/mol. The van der Waals surface area contributed by atoms with Gasteiger partial charge in [0.1, 0.15) is 0 Å². The number of sulfonamides is 1. The van der Waals surface area contributed by atoms with Crippen LogP contribution in [0, 0.1) is 5.92 Å². The molecule has 0 saturated heterocycles. The Morgan fingerprint density at radius 2 is 1.83 bits per heavy atom. The van der Waals surface area contributed by atoms with Gasteiger partial charge in [-0.1, -0.05) is 43.5 Å². The van der Waals surface area contributed by atoms with Crippen LogP contribution in [0.1, 0.15) is 54.9 Å². The van der Waals surface area contributed by atoms with Gasteiger partial charge in [-0.2, -0.15) is 0 Å². The molecule has 4 rings (SSSR count). The molecule has 0 radical (unpaired) electrons. The highest BCUT2D eigenvalue weighted by molar-refractivity contribution is 7.92. The quantitative estimate of drug-likeness (QED) is 0.803. The minimum Gasteiger partial charge on any atom is -0.352 e. The van der Waals surface area contributed by atoms with E-state index in [-0.39, 0.29) is 16.8 Å². The molecule has 1 aliphatic carbocycles. The second-order valence-electron chi connectivity index (χ2n) is 8.22. The van der Waals surface area contributed by atoms with Gasteiger partial charge in [-0.25, -0.2) is 8.42 Å². The Hall–Kier alpha value is -2.34. The van der Waals surface area contributed by atoms with E-state index in [4.69, 9.17) is 0 Å². The van der Waals surface area contributed by atoms with Crippen LogP contribution in [0.2, 0.25) is 0 Å². The number of carbonyl (C=O) groups excluding carboxylic acids is 1. The molecular weight excluding hydrogens is 384 g/mol. The van der Waals surface area contributed by atoms with E-state index in [9.17, 15) is 13.2 Å². The minimum atomic E-state index is -3.74. The third-order valence-corrected chi connectivity index (χ3v) is 8.00. The summed E-state index contributed by atoms with van der Waals surface area (Å²) in [6.45, 7) is 2.57. The van der Waals surface area contributed by atoms with Crippen molar-refractivity contribution in [2.75, 3.05) is 10.8 Å². The number of rotatable bonds is 5. The molecule has 0 unspecified atom stereocenters. The Morgan fingerprint density at radius 1 is 1.07 bits per heavy atom. The first-order chi connectivity index (χ1) is 14.0. The van der Waals surface area contributed by atoms with E-state index < -0.39 is 10.0 Å². The SMILES string of the molecule is C[C@@H]1Cc2ccccc2N1S(=O)(=O)c1cccc(C(=O)NCC2CCCCC2)c1. The third-order valence-electron chi connectivity index (χ3n) is 6.07. The highest BCUT2D eigenvalue weighted by Crippen LogP contribution is 2.36. The zero-order valence-corrected chi connectivity index (χ0v) is 17.6. The number of anilines is 1. The van der Waals surface area contributed by atoms with E-state index in [2.05, 4.69) is 5.32 Å². The number of hydrogen-bond donors (Lipinski definition) is 1. The number of benzene rings is 2. The van der Waals surface area contributed by atoms with Crippen molar-refractivity contribution in [2.24, 2.45) is 5.92 Å². The molecule has 1 aliphatic heterocycles. The maximum Gasteiger partial charge on any atom is 0.264 e. The summed E-state index contributed by atoms with van der Waals surface area (Å²) >= 11 is 0. The first-order valence-corrected chi connectivity index (χ1v) is 11.9. The van der Waals surface area contributed by atoms with Crippen LogP contribution in [0.15, 0.2) is 53.4 Å². The summed E-state index contributed by atoms with van der Waals surface area (Å²) in [6.07, 6.45) is 6.73. The number of amides is 1. The van der Waals surface area contributed by atoms with Crippen molar-refractivity contribution in [2.45, 2.75) is 56.4 Å². The molecule has 2 aliphatic rings. The standard InChI is InChI=1S/C23H28N2O3S/c1-17-14-19-10-5-6-13-22(19)25(17)29(27,28)21-12-7-11-20(15-21)23(26)24-16-18-8-3-2-4-9-18/h5-7,10-13,15,17-18H,2-4,8-9,14,16H2,1H3,(H,24,26)/t17-/m1/s1. The molecule has 1 atom stereocenters. The van der Waals surface area contributed by atoms with Crippen LogP contribution in [-0.4, -0.2) is 26.9 Å². The second-order valence-corrected chi connectivity index (χ2v) is 10.0. The smallest absolute Gasteiger partial charge is 0.264 e. The lowest BCUT2D eigenvalue weighted by Crippen LogP contribution is -2.36. The van der Waals surface area contributed by atoms with E-state index in [0.717, 1.165) is 24.1 Å². The Morgan fingerprint density at radius 3 is 2.62 bits per heavy atom. The number of carbonyl (C=O) groups is 1. The van der Waals surface area contributed by atoms with Gasteiger partial charge in [-0.05, 0) is 61.9 Å². The van der Waals surface area contributed by atoms with Crippen LogP contribution in [0.25, 0.3) is 0 Å². The Balaban J connectivity index is 1.54. The maximum atomic E-state index is 13.4. The third kappa shape index (κ3) is 4.04. The molecule has 2 aromatic rings. The lowest BCUT2D eigenvalue weighted by atomic mass is 9.89. The molecule has 5 nitrogen and oxygen atoms in total. The van der Waals surface area contributed by atoms with Gasteiger partial charge in [0.2, 0.25) is 0 Å². The zero-order valence-electron chi connectivity index (χ0n) is 16.8. The van der Waals surface area contributed by atoms with Crippen LogP contribution in [0.3, 0.4) is 0 Å². The van der Waals surface area contributed by atoms with Crippen molar-refractivity contribution in [1.82, 2.24) is 5.32 Å². The van der Waals surface area contributed by atoms with Gasteiger partial charge < -0.3 is 5.32 Å². The maximum absolute atomic E-state index is 13.4. The predicted molar refractivity (Wildman–Crippen MR) is 115 cm³/mol. The van der Waals surface area contributed by atoms with E-state index in [0.29, 0.717) is 24.4 Å². The first-order valence-electron chi connectivity index (χ1n) is 10.5. The lowest BCUT2D eigenvalue weighted by molar-refractivity contribution is 0.0943. The Kier molecular flexibility index (Phi) is 5.63.